The Morgan fingerprint density at radius 1 is 1.29 bits per heavy atom. The van der Waals surface area contributed by atoms with Crippen LogP contribution in [-0.4, -0.2) is 33.4 Å². The Morgan fingerprint density at radius 2 is 1.76 bits per heavy atom. The molecule has 0 saturated carbocycles. The van der Waals surface area contributed by atoms with Crippen LogP contribution in [0.3, 0.4) is 0 Å². The van der Waals surface area contributed by atoms with Crippen molar-refractivity contribution in [2.45, 2.75) is 58.7 Å². The third-order valence-corrected chi connectivity index (χ3v) is 2.47. The lowest BCUT2D eigenvalue weighted by Gasteiger charge is -2.31. The molecule has 17 heavy (non-hydrogen) atoms. The number of carbonyl (C=O) groups is 2. The number of carbonyl (C=O) groups excluding carboxylic acids is 1. The second kappa shape index (κ2) is 5.49. The summed E-state index contributed by atoms with van der Waals surface area (Å²) in [7, 11) is 0. The highest BCUT2D eigenvalue weighted by atomic mass is 16.6. The van der Waals surface area contributed by atoms with Crippen LogP contribution in [0, 0.1) is 5.92 Å². The van der Waals surface area contributed by atoms with Gasteiger partial charge in [-0.2, -0.15) is 0 Å². The van der Waals surface area contributed by atoms with Crippen molar-refractivity contribution in [1.82, 2.24) is 0 Å². The zero-order valence-corrected chi connectivity index (χ0v) is 11.1. The molecule has 0 bridgehead atoms. The third-order valence-electron chi connectivity index (χ3n) is 2.47. The summed E-state index contributed by atoms with van der Waals surface area (Å²) in [5.74, 6) is -3.36. The van der Waals surface area contributed by atoms with Crippen molar-refractivity contribution in [2.75, 3.05) is 0 Å². The number of hydrogen-bond donors (Lipinski definition) is 2. The summed E-state index contributed by atoms with van der Waals surface area (Å²) in [6.07, 6.45) is 1.11. The number of carboxylic acid groups (broad SMARTS) is 1. The fraction of sp³-hybridized carbons (Fsp3) is 0.833. The first kappa shape index (κ1) is 15.9. The molecule has 0 fully saturated rings. The summed E-state index contributed by atoms with van der Waals surface area (Å²) < 4.78 is 4.96. The van der Waals surface area contributed by atoms with Crippen LogP contribution in [0.4, 0.5) is 0 Å². The number of aliphatic hydroxyl groups is 1. The van der Waals surface area contributed by atoms with Gasteiger partial charge < -0.3 is 14.9 Å². The third kappa shape index (κ3) is 4.00. The van der Waals surface area contributed by atoms with Gasteiger partial charge in [0.05, 0.1) is 0 Å². The molecule has 5 heteroatoms. The lowest BCUT2D eigenvalue weighted by molar-refractivity contribution is -0.194. The number of rotatable bonds is 5. The van der Waals surface area contributed by atoms with E-state index in [0.717, 1.165) is 0 Å². The van der Waals surface area contributed by atoms with Crippen LogP contribution >= 0.6 is 0 Å². The van der Waals surface area contributed by atoms with E-state index in [0.29, 0.717) is 12.8 Å². The van der Waals surface area contributed by atoms with Crippen molar-refractivity contribution in [3.05, 3.63) is 0 Å². The van der Waals surface area contributed by atoms with E-state index in [1.54, 1.807) is 20.8 Å². The molecule has 2 N–H and O–H groups in total. The molecule has 0 spiro atoms. The highest BCUT2D eigenvalue weighted by Gasteiger charge is 2.51. The first-order chi connectivity index (χ1) is 7.55. The molecular formula is C12H22O5. The van der Waals surface area contributed by atoms with Crippen molar-refractivity contribution in [2.24, 2.45) is 5.92 Å². The molecule has 0 aromatic carbocycles. The van der Waals surface area contributed by atoms with Gasteiger partial charge in [0.25, 0.3) is 5.60 Å². The zero-order chi connectivity index (χ0) is 13.9. The topological polar surface area (TPSA) is 83.8 Å². The minimum absolute atomic E-state index is 0.433. The minimum atomic E-state index is -2.47. The van der Waals surface area contributed by atoms with E-state index < -0.39 is 29.1 Å². The molecule has 0 aliphatic rings. The molecule has 0 aromatic rings. The SMILES string of the molecule is CCCC(C)C(O)(C(=O)O)C(=O)OC(C)(C)C. The van der Waals surface area contributed by atoms with Gasteiger partial charge in [-0.3, -0.25) is 0 Å². The second-order valence-electron chi connectivity index (χ2n) is 5.26. The normalized spacial score (nSPS) is 17.1. The maximum atomic E-state index is 11.8. The average Bonchev–Trinajstić information content (AvgIpc) is 2.13. The first-order valence-corrected chi connectivity index (χ1v) is 5.75. The molecule has 0 saturated heterocycles. The number of esters is 1. The van der Waals surface area contributed by atoms with Crippen LogP contribution in [-0.2, 0) is 14.3 Å². The summed E-state index contributed by atoms with van der Waals surface area (Å²) in [4.78, 5) is 22.9. The molecule has 0 aliphatic heterocycles. The van der Waals surface area contributed by atoms with Crippen LogP contribution in [0.1, 0.15) is 47.5 Å². The summed E-state index contributed by atoms with van der Waals surface area (Å²) in [6, 6.07) is 0. The summed E-state index contributed by atoms with van der Waals surface area (Å²) in [5.41, 5.74) is -3.30. The molecule has 0 radical (unpaired) electrons. The van der Waals surface area contributed by atoms with Gasteiger partial charge in [0, 0.05) is 5.92 Å². The Balaban J connectivity index is 5.08. The summed E-state index contributed by atoms with van der Waals surface area (Å²) >= 11 is 0. The Morgan fingerprint density at radius 3 is 2.06 bits per heavy atom. The quantitative estimate of drug-likeness (QED) is 0.568. The molecule has 5 nitrogen and oxygen atoms in total. The molecule has 0 aromatic heterocycles. The van der Waals surface area contributed by atoms with E-state index in [2.05, 4.69) is 0 Å². The number of hydrogen-bond acceptors (Lipinski definition) is 4. The van der Waals surface area contributed by atoms with Crippen LogP contribution < -0.4 is 0 Å². The number of aliphatic carboxylic acids is 1. The Hall–Kier alpha value is -1.10. The lowest BCUT2D eigenvalue weighted by atomic mass is 9.85. The fourth-order valence-electron chi connectivity index (χ4n) is 1.50. The molecule has 0 heterocycles. The van der Waals surface area contributed by atoms with Gasteiger partial charge in [-0.25, -0.2) is 9.59 Å². The van der Waals surface area contributed by atoms with E-state index in [9.17, 15) is 14.7 Å². The molecule has 0 rings (SSSR count). The molecule has 2 unspecified atom stereocenters. The molecule has 0 aliphatic carbocycles. The summed E-state index contributed by atoms with van der Waals surface area (Å²) in [6.45, 7) is 8.25. The smallest absolute Gasteiger partial charge is 0.350 e. The van der Waals surface area contributed by atoms with Crippen molar-refractivity contribution in [3.8, 4) is 0 Å². The Bertz CT molecular complexity index is 292. The highest BCUT2D eigenvalue weighted by Crippen LogP contribution is 2.26. The standard InChI is InChI=1S/C12H22O5/c1-6-7-8(2)12(16,9(13)14)10(15)17-11(3,4)5/h8,16H,6-7H2,1-5H3,(H,13,14). The molecule has 0 amide bonds. The number of ether oxygens (including phenoxy) is 1. The van der Waals surface area contributed by atoms with Crippen molar-refractivity contribution in [1.29, 1.82) is 0 Å². The second-order valence-corrected chi connectivity index (χ2v) is 5.26. The predicted molar refractivity (Wildman–Crippen MR) is 62.5 cm³/mol. The molecular weight excluding hydrogens is 224 g/mol. The van der Waals surface area contributed by atoms with Gasteiger partial charge in [-0.1, -0.05) is 20.3 Å². The first-order valence-electron chi connectivity index (χ1n) is 5.75. The zero-order valence-electron chi connectivity index (χ0n) is 11.1. The monoisotopic (exact) mass is 246 g/mol. The van der Waals surface area contributed by atoms with Gasteiger partial charge in [-0.15, -0.1) is 0 Å². The van der Waals surface area contributed by atoms with Gasteiger partial charge in [0.2, 0.25) is 0 Å². The molecule has 100 valence electrons. The van der Waals surface area contributed by atoms with Crippen LogP contribution in [0.15, 0.2) is 0 Å². The minimum Gasteiger partial charge on any atom is -0.479 e. The van der Waals surface area contributed by atoms with E-state index in [-0.39, 0.29) is 0 Å². The number of carboxylic acids is 1. The maximum Gasteiger partial charge on any atom is 0.350 e. The van der Waals surface area contributed by atoms with Crippen molar-refractivity contribution in [3.63, 3.8) is 0 Å². The van der Waals surface area contributed by atoms with E-state index in [4.69, 9.17) is 9.84 Å². The average molecular weight is 246 g/mol. The van der Waals surface area contributed by atoms with Crippen LogP contribution in [0.5, 0.6) is 0 Å². The Labute approximate surface area is 102 Å². The van der Waals surface area contributed by atoms with Crippen molar-refractivity contribution < 1.29 is 24.5 Å². The van der Waals surface area contributed by atoms with E-state index >= 15 is 0 Å². The largest absolute Gasteiger partial charge is 0.479 e. The lowest BCUT2D eigenvalue weighted by Crippen LogP contribution is -2.54. The van der Waals surface area contributed by atoms with Crippen LogP contribution in [0.25, 0.3) is 0 Å². The molecule has 2 atom stereocenters. The van der Waals surface area contributed by atoms with Gasteiger partial charge in [-0.05, 0) is 27.2 Å². The fourth-order valence-corrected chi connectivity index (χ4v) is 1.50. The predicted octanol–water partition coefficient (Wildman–Crippen LogP) is 1.58. The van der Waals surface area contributed by atoms with E-state index in [1.807, 2.05) is 6.92 Å². The van der Waals surface area contributed by atoms with Crippen molar-refractivity contribution >= 4 is 11.9 Å². The Kier molecular flexibility index (Phi) is 5.13. The highest BCUT2D eigenvalue weighted by molar-refractivity contribution is 6.02. The van der Waals surface area contributed by atoms with Gasteiger partial charge >= 0.3 is 11.9 Å². The van der Waals surface area contributed by atoms with Crippen LogP contribution in [0.2, 0.25) is 0 Å². The van der Waals surface area contributed by atoms with E-state index in [1.165, 1.54) is 6.92 Å². The van der Waals surface area contributed by atoms with Gasteiger partial charge in [0.1, 0.15) is 5.60 Å². The maximum absolute atomic E-state index is 11.8. The van der Waals surface area contributed by atoms with Gasteiger partial charge in [0.15, 0.2) is 0 Å². The summed E-state index contributed by atoms with van der Waals surface area (Å²) in [5, 5.41) is 19.1.